The highest BCUT2D eigenvalue weighted by atomic mass is 32.2. The van der Waals surface area contributed by atoms with Crippen LogP contribution in [0.5, 0.6) is 0 Å². The molecular formula is C10H15FN2O2S. The standard InChI is InChI=1S/C10H15FN2O2S/c1-2-3-4-13-16(14,15)10-6-8(11)5-9(12)7-10/h5-7,13H,2-4,12H2,1H3. The lowest BCUT2D eigenvalue weighted by Gasteiger charge is -2.06. The van der Waals surface area contributed by atoms with E-state index in [-0.39, 0.29) is 10.6 Å². The van der Waals surface area contributed by atoms with Crippen molar-refractivity contribution in [1.29, 1.82) is 0 Å². The van der Waals surface area contributed by atoms with Gasteiger partial charge in [-0.15, -0.1) is 0 Å². The number of nitrogens with two attached hydrogens (primary N) is 1. The molecule has 0 bridgehead atoms. The molecule has 0 aromatic heterocycles. The SMILES string of the molecule is CCCCNS(=O)(=O)c1cc(N)cc(F)c1. The highest BCUT2D eigenvalue weighted by Gasteiger charge is 2.14. The van der Waals surface area contributed by atoms with Crippen LogP contribution in [0.25, 0.3) is 0 Å². The third kappa shape index (κ3) is 3.46. The summed E-state index contributed by atoms with van der Waals surface area (Å²) in [5, 5.41) is 0. The van der Waals surface area contributed by atoms with Gasteiger partial charge in [0, 0.05) is 12.2 Å². The molecule has 0 fully saturated rings. The summed E-state index contributed by atoms with van der Waals surface area (Å²) < 4.78 is 38.7. The third-order valence-corrected chi connectivity index (χ3v) is 3.47. The van der Waals surface area contributed by atoms with Crippen molar-refractivity contribution in [2.24, 2.45) is 0 Å². The predicted octanol–water partition coefficient (Wildman–Crippen LogP) is 1.49. The fraction of sp³-hybridized carbons (Fsp3) is 0.400. The summed E-state index contributed by atoms with van der Waals surface area (Å²) in [5.74, 6) is -0.657. The Balaban J connectivity index is 2.89. The van der Waals surface area contributed by atoms with Crippen LogP contribution in [0.3, 0.4) is 0 Å². The molecule has 0 saturated heterocycles. The normalized spacial score (nSPS) is 11.6. The minimum absolute atomic E-state index is 0.0934. The molecule has 0 unspecified atom stereocenters. The summed E-state index contributed by atoms with van der Waals surface area (Å²) in [6.45, 7) is 2.30. The number of sulfonamides is 1. The Morgan fingerprint density at radius 1 is 1.38 bits per heavy atom. The first-order valence-corrected chi connectivity index (χ1v) is 6.50. The second-order valence-corrected chi connectivity index (χ2v) is 5.24. The van der Waals surface area contributed by atoms with Gasteiger partial charge in [0.05, 0.1) is 4.90 Å². The van der Waals surface area contributed by atoms with Crippen LogP contribution >= 0.6 is 0 Å². The fourth-order valence-electron chi connectivity index (χ4n) is 1.21. The minimum atomic E-state index is -3.65. The Labute approximate surface area is 94.7 Å². The Morgan fingerprint density at radius 3 is 2.62 bits per heavy atom. The van der Waals surface area contributed by atoms with Crippen molar-refractivity contribution >= 4 is 15.7 Å². The highest BCUT2D eigenvalue weighted by molar-refractivity contribution is 7.89. The number of hydrogen-bond donors (Lipinski definition) is 2. The van der Waals surface area contributed by atoms with Crippen molar-refractivity contribution in [2.45, 2.75) is 24.7 Å². The van der Waals surface area contributed by atoms with Gasteiger partial charge in [-0.1, -0.05) is 13.3 Å². The number of halogens is 1. The van der Waals surface area contributed by atoms with E-state index in [1.165, 1.54) is 6.07 Å². The first-order valence-electron chi connectivity index (χ1n) is 5.01. The summed E-state index contributed by atoms with van der Waals surface area (Å²) in [6.07, 6.45) is 1.62. The molecule has 1 aromatic rings. The first kappa shape index (κ1) is 12.9. The molecule has 0 atom stereocenters. The fourth-order valence-corrected chi connectivity index (χ4v) is 2.34. The summed E-state index contributed by atoms with van der Waals surface area (Å²) >= 11 is 0. The van der Waals surface area contributed by atoms with Gasteiger partial charge < -0.3 is 5.73 Å². The van der Waals surface area contributed by atoms with Crippen LogP contribution in [0.4, 0.5) is 10.1 Å². The van der Waals surface area contributed by atoms with Gasteiger partial charge in [-0.3, -0.25) is 0 Å². The first-order chi connectivity index (χ1) is 7.45. The van der Waals surface area contributed by atoms with E-state index in [1.807, 2.05) is 6.92 Å². The van der Waals surface area contributed by atoms with E-state index in [2.05, 4.69) is 4.72 Å². The van der Waals surface area contributed by atoms with E-state index in [0.29, 0.717) is 6.54 Å². The van der Waals surface area contributed by atoms with E-state index < -0.39 is 15.8 Å². The molecule has 3 N–H and O–H groups in total. The van der Waals surface area contributed by atoms with Crippen molar-refractivity contribution in [3.63, 3.8) is 0 Å². The number of benzene rings is 1. The molecule has 0 aliphatic heterocycles. The predicted molar refractivity (Wildman–Crippen MR) is 60.9 cm³/mol. The smallest absolute Gasteiger partial charge is 0.240 e. The molecule has 0 amide bonds. The van der Waals surface area contributed by atoms with Crippen molar-refractivity contribution in [2.75, 3.05) is 12.3 Å². The van der Waals surface area contributed by atoms with E-state index in [9.17, 15) is 12.8 Å². The topological polar surface area (TPSA) is 72.2 Å². The van der Waals surface area contributed by atoms with E-state index in [0.717, 1.165) is 25.0 Å². The van der Waals surface area contributed by atoms with Crippen LogP contribution in [-0.2, 0) is 10.0 Å². The molecule has 0 aliphatic rings. The number of nitrogens with one attached hydrogen (secondary N) is 1. The van der Waals surface area contributed by atoms with Crippen LogP contribution in [0.2, 0.25) is 0 Å². The zero-order chi connectivity index (χ0) is 12.2. The van der Waals surface area contributed by atoms with Crippen LogP contribution < -0.4 is 10.5 Å². The zero-order valence-corrected chi connectivity index (χ0v) is 9.85. The van der Waals surface area contributed by atoms with Gasteiger partial charge in [0.15, 0.2) is 0 Å². The number of unbranched alkanes of at least 4 members (excludes halogenated alkanes) is 1. The molecule has 1 rings (SSSR count). The Kier molecular flexibility index (Phi) is 4.26. The molecule has 90 valence electrons. The Morgan fingerprint density at radius 2 is 2.06 bits per heavy atom. The van der Waals surface area contributed by atoms with Crippen molar-refractivity contribution in [1.82, 2.24) is 4.72 Å². The third-order valence-electron chi connectivity index (χ3n) is 2.03. The molecule has 1 aromatic carbocycles. The minimum Gasteiger partial charge on any atom is -0.399 e. The quantitative estimate of drug-likeness (QED) is 0.610. The lowest BCUT2D eigenvalue weighted by molar-refractivity contribution is 0.575. The zero-order valence-electron chi connectivity index (χ0n) is 9.03. The molecule has 0 aliphatic carbocycles. The van der Waals surface area contributed by atoms with Crippen LogP contribution in [0.15, 0.2) is 23.1 Å². The maximum atomic E-state index is 13.0. The molecule has 16 heavy (non-hydrogen) atoms. The number of nitrogen functional groups attached to an aromatic ring is 1. The van der Waals surface area contributed by atoms with Crippen LogP contribution in [0, 0.1) is 5.82 Å². The molecule has 4 nitrogen and oxygen atoms in total. The maximum Gasteiger partial charge on any atom is 0.240 e. The van der Waals surface area contributed by atoms with Gasteiger partial charge in [0.2, 0.25) is 10.0 Å². The molecule has 0 spiro atoms. The van der Waals surface area contributed by atoms with Crippen LogP contribution in [-0.4, -0.2) is 15.0 Å². The lowest BCUT2D eigenvalue weighted by atomic mass is 10.3. The maximum absolute atomic E-state index is 13.0. The van der Waals surface area contributed by atoms with Gasteiger partial charge in [-0.2, -0.15) is 0 Å². The molecular weight excluding hydrogens is 231 g/mol. The molecule has 0 radical (unpaired) electrons. The molecule has 0 heterocycles. The van der Waals surface area contributed by atoms with Gasteiger partial charge in [0.25, 0.3) is 0 Å². The van der Waals surface area contributed by atoms with Gasteiger partial charge >= 0.3 is 0 Å². The number of anilines is 1. The monoisotopic (exact) mass is 246 g/mol. The average Bonchev–Trinajstić information content (AvgIpc) is 2.16. The molecule has 6 heteroatoms. The van der Waals surface area contributed by atoms with Gasteiger partial charge in [-0.05, 0) is 24.6 Å². The van der Waals surface area contributed by atoms with Crippen molar-refractivity contribution in [3.8, 4) is 0 Å². The largest absolute Gasteiger partial charge is 0.399 e. The van der Waals surface area contributed by atoms with E-state index >= 15 is 0 Å². The second-order valence-electron chi connectivity index (χ2n) is 3.47. The van der Waals surface area contributed by atoms with Crippen molar-refractivity contribution < 1.29 is 12.8 Å². The van der Waals surface area contributed by atoms with Crippen molar-refractivity contribution in [3.05, 3.63) is 24.0 Å². The van der Waals surface area contributed by atoms with Gasteiger partial charge in [-0.25, -0.2) is 17.5 Å². The second kappa shape index (κ2) is 5.27. The van der Waals surface area contributed by atoms with E-state index in [1.54, 1.807) is 0 Å². The molecule has 0 saturated carbocycles. The number of hydrogen-bond acceptors (Lipinski definition) is 3. The number of rotatable bonds is 5. The highest BCUT2D eigenvalue weighted by Crippen LogP contribution is 2.15. The average molecular weight is 246 g/mol. The Bertz CT molecular complexity index is 440. The summed E-state index contributed by atoms with van der Waals surface area (Å²) in [5.41, 5.74) is 5.47. The summed E-state index contributed by atoms with van der Waals surface area (Å²) in [4.78, 5) is -0.138. The summed E-state index contributed by atoms with van der Waals surface area (Å²) in [6, 6.07) is 3.26. The summed E-state index contributed by atoms with van der Waals surface area (Å²) in [7, 11) is -3.65. The lowest BCUT2D eigenvalue weighted by Crippen LogP contribution is -2.24. The Hall–Kier alpha value is -1.14. The van der Waals surface area contributed by atoms with E-state index in [4.69, 9.17) is 5.73 Å². The van der Waals surface area contributed by atoms with Crippen LogP contribution in [0.1, 0.15) is 19.8 Å². The van der Waals surface area contributed by atoms with Gasteiger partial charge in [0.1, 0.15) is 5.82 Å².